The van der Waals surface area contributed by atoms with Crippen LogP contribution in [-0.4, -0.2) is 42.0 Å². The van der Waals surface area contributed by atoms with Crippen LogP contribution in [0.4, 0.5) is 0 Å². The Morgan fingerprint density at radius 1 is 1.31 bits per heavy atom. The molecule has 1 N–H and O–H groups in total. The third kappa shape index (κ3) is 7.29. The lowest BCUT2D eigenvalue weighted by atomic mass is 10.1. The number of piperidine rings is 1. The van der Waals surface area contributed by atoms with Gasteiger partial charge in [-0.25, -0.2) is 4.98 Å². The molecule has 1 aliphatic rings. The SMILES string of the molecule is Cc1nc(COc2ccccc2/C=C/C(=O)NCC(C)CN2CCCCC2)cs1. The zero-order valence-corrected chi connectivity index (χ0v) is 18.2. The normalized spacial score (nSPS) is 16.1. The van der Waals surface area contributed by atoms with Crippen molar-refractivity contribution in [3.05, 3.63) is 52.0 Å². The molecule has 3 rings (SSSR count). The van der Waals surface area contributed by atoms with Gasteiger partial charge in [-0.3, -0.25) is 4.79 Å². The lowest BCUT2D eigenvalue weighted by Crippen LogP contribution is -2.37. The molecule has 2 aromatic rings. The molecule has 1 aromatic carbocycles. The number of thiazole rings is 1. The summed E-state index contributed by atoms with van der Waals surface area (Å²) >= 11 is 1.62. The van der Waals surface area contributed by atoms with Gasteiger partial charge >= 0.3 is 0 Å². The zero-order chi connectivity index (χ0) is 20.5. The summed E-state index contributed by atoms with van der Waals surface area (Å²) in [6, 6.07) is 7.74. The maximum absolute atomic E-state index is 12.2. The van der Waals surface area contributed by atoms with E-state index in [1.165, 1.54) is 32.4 Å². The van der Waals surface area contributed by atoms with Gasteiger partial charge in [0.1, 0.15) is 12.4 Å². The number of rotatable bonds is 9. The van der Waals surface area contributed by atoms with Gasteiger partial charge in [0, 0.05) is 30.1 Å². The number of aromatic nitrogens is 1. The smallest absolute Gasteiger partial charge is 0.244 e. The van der Waals surface area contributed by atoms with Crippen LogP contribution in [0, 0.1) is 12.8 Å². The van der Waals surface area contributed by atoms with Crippen molar-refractivity contribution in [2.24, 2.45) is 5.92 Å². The van der Waals surface area contributed by atoms with Crippen molar-refractivity contribution in [1.29, 1.82) is 0 Å². The van der Waals surface area contributed by atoms with E-state index in [1.54, 1.807) is 17.4 Å². The first-order valence-corrected chi connectivity index (χ1v) is 11.3. The van der Waals surface area contributed by atoms with Crippen molar-refractivity contribution in [3.63, 3.8) is 0 Å². The first-order chi connectivity index (χ1) is 14.1. The fraction of sp³-hybridized carbons (Fsp3) is 0.478. The van der Waals surface area contributed by atoms with Crippen molar-refractivity contribution >= 4 is 23.3 Å². The van der Waals surface area contributed by atoms with Crippen LogP contribution >= 0.6 is 11.3 Å². The van der Waals surface area contributed by atoms with Crippen LogP contribution in [0.3, 0.4) is 0 Å². The van der Waals surface area contributed by atoms with Crippen molar-refractivity contribution in [2.45, 2.75) is 39.7 Å². The Hall–Kier alpha value is -2.18. The Morgan fingerprint density at radius 3 is 2.86 bits per heavy atom. The number of nitrogens with zero attached hydrogens (tertiary/aromatic N) is 2. The number of likely N-dealkylation sites (tertiary alicyclic amines) is 1. The van der Waals surface area contributed by atoms with Gasteiger partial charge in [-0.1, -0.05) is 31.5 Å². The van der Waals surface area contributed by atoms with E-state index in [0.717, 1.165) is 28.6 Å². The van der Waals surface area contributed by atoms with Crippen LogP contribution in [0.15, 0.2) is 35.7 Å². The second kappa shape index (κ2) is 11.1. The largest absolute Gasteiger partial charge is 0.487 e. The summed E-state index contributed by atoms with van der Waals surface area (Å²) in [7, 11) is 0. The van der Waals surface area contributed by atoms with Gasteiger partial charge in [-0.05, 0) is 50.9 Å². The van der Waals surface area contributed by atoms with Gasteiger partial charge in [0.05, 0.1) is 10.7 Å². The van der Waals surface area contributed by atoms with Crippen molar-refractivity contribution in [3.8, 4) is 5.75 Å². The summed E-state index contributed by atoms with van der Waals surface area (Å²) in [4.78, 5) is 19.2. The van der Waals surface area contributed by atoms with Crippen LogP contribution in [0.1, 0.15) is 42.5 Å². The van der Waals surface area contributed by atoms with Crippen LogP contribution in [0.25, 0.3) is 6.08 Å². The molecule has 5 nitrogen and oxygen atoms in total. The molecule has 1 aliphatic heterocycles. The minimum Gasteiger partial charge on any atom is -0.487 e. The number of aryl methyl sites for hydroxylation is 1. The average Bonchev–Trinajstić information content (AvgIpc) is 3.15. The molecular formula is C23H31N3O2S. The van der Waals surface area contributed by atoms with Gasteiger partial charge in [0.25, 0.3) is 0 Å². The van der Waals surface area contributed by atoms with Gasteiger partial charge < -0.3 is 15.0 Å². The molecule has 1 saturated heterocycles. The second-order valence-electron chi connectivity index (χ2n) is 7.73. The number of carbonyl (C=O) groups excluding carboxylic acids is 1. The van der Waals surface area contributed by atoms with Gasteiger partial charge in [0.15, 0.2) is 0 Å². The molecule has 0 radical (unpaired) electrons. The molecule has 1 unspecified atom stereocenters. The fourth-order valence-electron chi connectivity index (χ4n) is 3.52. The lowest BCUT2D eigenvalue weighted by molar-refractivity contribution is -0.116. The molecule has 1 atom stereocenters. The highest BCUT2D eigenvalue weighted by molar-refractivity contribution is 7.09. The van der Waals surface area contributed by atoms with Crippen molar-refractivity contribution in [1.82, 2.24) is 15.2 Å². The predicted molar refractivity (Wildman–Crippen MR) is 119 cm³/mol. The van der Waals surface area contributed by atoms with Crippen LogP contribution in [0.5, 0.6) is 5.75 Å². The van der Waals surface area contributed by atoms with E-state index < -0.39 is 0 Å². The fourth-order valence-corrected chi connectivity index (χ4v) is 4.12. The number of ether oxygens (including phenoxy) is 1. The third-order valence-electron chi connectivity index (χ3n) is 5.02. The van der Waals surface area contributed by atoms with E-state index >= 15 is 0 Å². The molecular weight excluding hydrogens is 382 g/mol. The molecule has 0 spiro atoms. The molecule has 1 aromatic heterocycles. The zero-order valence-electron chi connectivity index (χ0n) is 17.4. The number of carbonyl (C=O) groups is 1. The number of hydrogen-bond donors (Lipinski definition) is 1. The minimum absolute atomic E-state index is 0.0691. The number of para-hydroxylation sites is 1. The van der Waals surface area contributed by atoms with E-state index in [0.29, 0.717) is 19.1 Å². The highest BCUT2D eigenvalue weighted by atomic mass is 32.1. The number of benzene rings is 1. The molecule has 0 saturated carbocycles. The summed E-state index contributed by atoms with van der Waals surface area (Å²) < 4.78 is 5.91. The van der Waals surface area contributed by atoms with E-state index in [9.17, 15) is 4.79 Å². The Balaban J connectivity index is 1.46. The second-order valence-corrected chi connectivity index (χ2v) is 8.79. The monoisotopic (exact) mass is 413 g/mol. The number of nitrogens with one attached hydrogen (secondary N) is 1. The van der Waals surface area contributed by atoms with Gasteiger partial charge in [-0.15, -0.1) is 11.3 Å². The third-order valence-corrected chi connectivity index (χ3v) is 5.84. The van der Waals surface area contributed by atoms with Crippen molar-refractivity contribution < 1.29 is 9.53 Å². The van der Waals surface area contributed by atoms with Gasteiger partial charge in [-0.2, -0.15) is 0 Å². The topological polar surface area (TPSA) is 54.5 Å². The predicted octanol–water partition coefficient (Wildman–Crippen LogP) is 4.28. The maximum atomic E-state index is 12.2. The molecule has 0 bridgehead atoms. The van der Waals surface area contributed by atoms with E-state index in [2.05, 4.69) is 22.1 Å². The number of hydrogen-bond acceptors (Lipinski definition) is 5. The Labute approximate surface area is 177 Å². The highest BCUT2D eigenvalue weighted by Gasteiger charge is 2.13. The molecule has 29 heavy (non-hydrogen) atoms. The summed E-state index contributed by atoms with van der Waals surface area (Å²) in [6.45, 7) is 8.73. The summed E-state index contributed by atoms with van der Waals surface area (Å²) in [6.07, 6.45) is 7.34. The standard InChI is InChI=1S/C23H31N3O2S/c1-18(15-26-12-6-3-7-13-26)14-24-23(27)11-10-20-8-4-5-9-22(20)28-16-21-17-29-19(2)25-21/h4-5,8-11,17-18H,3,6-7,12-16H2,1-2H3,(H,24,27)/b11-10+. The van der Waals surface area contributed by atoms with Crippen LogP contribution in [-0.2, 0) is 11.4 Å². The molecule has 156 valence electrons. The lowest BCUT2D eigenvalue weighted by Gasteiger charge is -2.29. The van der Waals surface area contributed by atoms with Gasteiger partial charge in [0.2, 0.25) is 5.91 Å². The van der Waals surface area contributed by atoms with Crippen LogP contribution < -0.4 is 10.1 Å². The first kappa shape index (κ1) is 21.5. The molecule has 0 aliphatic carbocycles. The Bertz CT molecular complexity index is 812. The Kier molecular flexibility index (Phi) is 8.25. The average molecular weight is 414 g/mol. The van der Waals surface area contributed by atoms with E-state index in [-0.39, 0.29) is 5.91 Å². The van der Waals surface area contributed by atoms with E-state index in [4.69, 9.17) is 4.74 Å². The summed E-state index contributed by atoms with van der Waals surface area (Å²) in [5.74, 6) is 1.13. The molecule has 6 heteroatoms. The Morgan fingerprint density at radius 2 is 2.10 bits per heavy atom. The minimum atomic E-state index is -0.0691. The van der Waals surface area contributed by atoms with Crippen LogP contribution in [0.2, 0.25) is 0 Å². The molecule has 1 amide bonds. The van der Waals surface area contributed by atoms with E-state index in [1.807, 2.05) is 42.6 Å². The molecule has 2 heterocycles. The molecule has 1 fully saturated rings. The first-order valence-electron chi connectivity index (χ1n) is 10.4. The maximum Gasteiger partial charge on any atom is 0.244 e. The quantitative estimate of drug-likeness (QED) is 0.624. The highest BCUT2D eigenvalue weighted by Crippen LogP contribution is 2.21. The number of amides is 1. The summed E-state index contributed by atoms with van der Waals surface area (Å²) in [5.41, 5.74) is 1.81. The van der Waals surface area contributed by atoms with Crippen molar-refractivity contribution in [2.75, 3.05) is 26.2 Å². The summed E-state index contributed by atoms with van der Waals surface area (Å²) in [5, 5.41) is 6.06.